The number of nitrogens with zero attached hydrogens (tertiary/aromatic N) is 5. The predicted molar refractivity (Wildman–Crippen MR) is 90.9 cm³/mol. The van der Waals surface area contributed by atoms with Crippen molar-refractivity contribution >= 4 is 22.6 Å². The summed E-state index contributed by atoms with van der Waals surface area (Å²) in [5.41, 5.74) is 1.91. The lowest BCUT2D eigenvalue weighted by molar-refractivity contribution is -0.385. The minimum atomic E-state index is -0.513. The molecule has 0 aliphatic rings. The number of fused-ring (bicyclic) bond motifs is 1. The van der Waals surface area contributed by atoms with Gasteiger partial charge >= 0.3 is 5.69 Å². The Balaban J connectivity index is 1.47. The summed E-state index contributed by atoms with van der Waals surface area (Å²) in [7, 11) is 1.96. The van der Waals surface area contributed by atoms with E-state index >= 15 is 0 Å². The van der Waals surface area contributed by atoms with Gasteiger partial charge in [-0.15, -0.1) is 0 Å². The van der Waals surface area contributed by atoms with Crippen LogP contribution in [-0.2, 0) is 24.8 Å². The van der Waals surface area contributed by atoms with Crippen molar-refractivity contribution in [3.8, 4) is 0 Å². The van der Waals surface area contributed by atoms with Gasteiger partial charge in [0.1, 0.15) is 18.2 Å². The van der Waals surface area contributed by atoms with E-state index < -0.39 is 4.92 Å². The van der Waals surface area contributed by atoms with Gasteiger partial charge in [0.05, 0.1) is 16.0 Å². The lowest BCUT2D eigenvalue weighted by Crippen LogP contribution is -2.27. The first-order valence-electron chi connectivity index (χ1n) is 7.88. The largest absolute Gasteiger partial charge is 0.356 e. The van der Waals surface area contributed by atoms with E-state index in [1.54, 1.807) is 0 Å². The van der Waals surface area contributed by atoms with Crippen molar-refractivity contribution in [2.24, 2.45) is 7.05 Å². The van der Waals surface area contributed by atoms with E-state index in [2.05, 4.69) is 15.4 Å². The van der Waals surface area contributed by atoms with Crippen molar-refractivity contribution < 1.29 is 9.72 Å². The lowest BCUT2D eigenvalue weighted by Gasteiger charge is -2.06. The van der Waals surface area contributed by atoms with Gasteiger partial charge in [-0.05, 0) is 12.1 Å². The number of hydrogen-bond acceptors (Lipinski definition) is 5. The number of imidazole rings is 1. The zero-order valence-corrected chi connectivity index (χ0v) is 13.8. The quantitative estimate of drug-likeness (QED) is 0.516. The van der Waals surface area contributed by atoms with Crippen molar-refractivity contribution in [1.29, 1.82) is 0 Å². The smallest absolute Gasteiger partial charge is 0.306 e. The van der Waals surface area contributed by atoms with Gasteiger partial charge in [-0.25, -0.2) is 4.98 Å². The van der Waals surface area contributed by atoms with Crippen LogP contribution in [0, 0.1) is 10.1 Å². The summed E-state index contributed by atoms with van der Waals surface area (Å²) >= 11 is 0. The molecule has 0 radical (unpaired) electrons. The molecular formula is C16H18N6O3. The molecule has 0 saturated carbocycles. The molecule has 0 spiro atoms. The Kier molecular flexibility index (Phi) is 4.73. The molecule has 0 aliphatic heterocycles. The standard InChI is InChI=1S/C16H18N6O3/c1-20-14-5-3-2-4-13(14)19-15(20)6-8-17-16(23)7-9-21-11-12(10-18-21)22(24)25/h2-5,10-11H,6-9H2,1H3,(H,17,23). The van der Waals surface area contributed by atoms with Crippen molar-refractivity contribution in [2.45, 2.75) is 19.4 Å². The predicted octanol–water partition coefficient (Wildman–Crippen LogP) is 1.43. The van der Waals surface area contributed by atoms with Gasteiger partial charge in [-0.2, -0.15) is 5.10 Å². The second-order valence-corrected chi connectivity index (χ2v) is 5.64. The summed E-state index contributed by atoms with van der Waals surface area (Å²) in [5.74, 6) is 0.779. The van der Waals surface area contributed by atoms with Crippen LogP contribution >= 0.6 is 0 Å². The first-order chi connectivity index (χ1) is 12.0. The van der Waals surface area contributed by atoms with Crippen LogP contribution in [-0.4, -0.2) is 36.7 Å². The van der Waals surface area contributed by atoms with Crippen molar-refractivity contribution in [3.05, 3.63) is 52.6 Å². The average molecular weight is 342 g/mol. The highest BCUT2D eigenvalue weighted by atomic mass is 16.6. The van der Waals surface area contributed by atoms with E-state index in [-0.39, 0.29) is 18.0 Å². The number of aromatic nitrogens is 4. The van der Waals surface area contributed by atoms with E-state index in [0.717, 1.165) is 16.9 Å². The normalized spacial score (nSPS) is 10.9. The molecule has 0 unspecified atom stereocenters. The van der Waals surface area contributed by atoms with Crippen molar-refractivity contribution in [2.75, 3.05) is 6.54 Å². The molecule has 3 aromatic rings. The first-order valence-corrected chi connectivity index (χ1v) is 7.88. The van der Waals surface area contributed by atoms with E-state index in [4.69, 9.17) is 0 Å². The second kappa shape index (κ2) is 7.12. The van der Waals surface area contributed by atoms with Gasteiger partial charge in [-0.3, -0.25) is 19.6 Å². The van der Waals surface area contributed by atoms with Crippen LogP contribution in [0.1, 0.15) is 12.2 Å². The van der Waals surface area contributed by atoms with Crippen LogP contribution in [0.4, 0.5) is 5.69 Å². The highest BCUT2D eigenvalue weighted by molar-refractivity contribution is 5.76. The van der Waals surface area contributed by atoms with E-state index in [0.29, 0.717) is 19.5 Å². The molecule has 0 fully saturated rings. The molecule has 2 aromatic heterocycles. The SMILES string of the molecule is Cn1c(CCNC(=O)CCn2cc([N+](=O)[O-])cn2)nc2ccccc21. The summed E-state index contributed by atoms with van der Waals surface area (Å²) in [6.45, 7) is 0.779. The van der Waals surface area contributed by atoms with Crippen LogP contribution < -0.4 is 5.32 Å². The van der Waals surface area contributed by atoms with Gasteiger partial charge in [0.15, 0.2) is 0 Å². The third-order valence-electron chi connectivity index (χ3n) is 3.95. The summed E-state index contributed by atoms with van der Waals surface area (Å²) < 4.78 is 3.41. The molecule has 1 N–H and O–H groups in total. The first kappa shape index (κ1) is 16.6. The van der Waals surface area contributed by atoms with Crippen molar-refractivity contribution in [3.63, 3.8) is 0 Å². The summed E-state index contributed by atoms with van der Waals surface area (Å²) in [6, 6.07) is 7.88. The monoisotopic (exact) mass is 342 g/mol. The number of hydrogen-bond donors (Lipinski definition) is 1. The third kappa shape index (κ3) is 3.82. The van der Waals surface area contributed by atoms with Gasteiger partial charge < -0.3 is 9.88 Å². The van der Waals surface area contributed by atoms with E-state index in [1.807, 2.05) is 35.9 Å². The highest BCUT2D eigenvalue weighted by Gasteiger charge is 2.10. The molecule has 1 aromatic carbocycles. The molecular weight excluding hydrogens is 324 g/mol. The summed E-state index contributed by atoms with van der Waals surface area (Å²) in [5, 5.41) is 17.3. The maximum atomic E-state index is 11.9. The zero-order valence-electron chi connectivity index (χ0n) is 13.8. The molecule has 9 nitrogen and oxygen atoms in total. The van der Waals surface area contributed by atoms with Gasteiger partial charge in [0.25, 0.3) is 0 Å². The fraction of sp³-hybridized carbons (Fsp3) is 0.312. The van der Waals surface area contributed by atoms with Crippen LogP contribution in [0.5, 0.6) is 0 Å². The molecule has 0 atom stereocenters. The number of nitrogens with one attached hydrogen (secondary N) is 1. The molecule has 1 amide bonds. The maximum Gasteiger partial charge on any atom is 0.306 e. The van der Waals surface area contributed by atoms with Gasteiger partial charge in [0.2, 0.25) is 5.91 Å². The molecule has 2 heterocycles. The topological polar surface area (TPSA) is 108 Å². The fourth-order valence-electron chi connectivity index (χ4n) is 2.61. The number of amides is 1. The van der Waals surface area contributed by atoms with Crippen LogP contribution in [0.2, 0.25) is 0 Å². The number of nitro groups is 1. The van der Waals surface area contributed by atoms with Crippen LogP contribution in [0.3, 0.4) is 0 Å². The Morgan fingerprint density at radius 3 is 2.88 bits per heavy atom. The Morgan fingerprint density at radius 1 is 1.36 bits per heavy atom. The Morgan fingerprint density at radius 2 is 2.16 bits per heavy atom. The van der Waals surface area contributed by atoms with E-state index in [9.17, 15) is 14.9 Å². The van der Waals surface area contributed by atoms with Crippen LogP contribution in [0.25, 0.3) is 11.0 Å². The number of aryl methyl sites for hydroxylation is 2. The Hall–Kier alpha value is -3.23. The minimum absolute atomic E-state index is 0.0812. The minimum Gasteiger partial charge on any atom is -0.356 e. The lowest BCUT2D eigenvalue weighted by atomic mass is 10.3. The number of carbonyl (C=O) groups excluding carboxylic acids is 1. The Bertz CT molecular complexity index is 914. The molecule has 0 bridgehead atoms. The second-order valence-electron chi connectivity index (χ2n) is 5.64. The molecule has 0 aliphatic carbocycles. The van der Waals surface area contributed by atoms with Gasteiger partial charge in [-0.1, -0.05) is 12.1 Å². The average Bonchev–Trinajstić information content (AvgIpc) is 3.19. The molecule has 0 saturated heterocycles. The number of carbonyl (C=O) groups is 1. The number of benzene rings is 1. The summed E-state index contributed by atoms with van der Waals surface area (Å²) in [6.07, 6.45) is 3.32. The van der Waals surface area contributed by atoms with Crippen LogP contribution in [0.15, 0.2) is 36.7 Å². The van der Waals surface area contributed by atoms with Gasteiger partial charge in [0, 0.05) is 33.0 Å². The fourth-order valence-corrected chi connectivity index (χ4v) is 2.61. The molecule has 9 heteroatoms. The molecule has 3 rings (SSSR count). The van der Waals surface area contributed by atoms with Crippen molar-refractivity contribution in [1.82, 2.24) is 24.6 Å². The maximum absolute atomic E-state index is 11.9. The zero-order chi connectivity index (χ0) is 17.8. The number of rotatable bonds is 7. The Labute approximate surface area is 143 Å². The molecule has 130 valence electrons. The highest BCUT2D eigenvalue weighted by Crippen LogP contribution is 2.14. The summed E-state index contributed by atoms with van der Waals surface area (Å²) in [4.78, 5) is 26.5. The number of para-hydroxylation sites is 2. The van der Waals surface area contributed by atoms with E-state index in [1.165, 1.54) is 17.1 Å². The third-order valence-corrected chi connectivity index (χ3v) is 3.95. The molecule has 25 heavy (non-hydrogen) atoms.